The Labute approximate surface area is 129 Å². The number of epoxide rings is 1. The van der Waals surface area contributed by atoms with Gasteiger partial charge in [-0.25, -0.2) is 4.39 Å². The van der Waals surface area contributed by atoms with Gasteiger partial charge in [0.1, 0.15) is 23.1 Å². The number of hydrogen-bond acceptors (Lipinski definition) is 2. The molecule has 1 spiro atoms. The van der Waals surface area contributed by atoms with Gasteiger partial charge in [0.15, 0.2) is 0 Å². The van der Waals surface area contributed by atoms with E-state index in [1.165, 1.54) is 12.1 Å². The maximum absolute atomic E-state index is 13.1. The Morgan fingerprint density at radius 3 is 2.36 bits per heavy atom. The van der Waals surface area contributed by atoms with E-state index in [9.17, 15) is 9.50 Å². The van der Waals surface area contributed by atoms with Crippen molar-refractivity contribution in [2.75, 3.05) is 0 Å². The first-order chi connectivity index (χ1) is 10.7. The Bertz CT molecular complexity index is 670. The van der Waals surface area contributed by atoms with Gasteiger partial charge in [-0.15, -0.1) is 0 Å². The lowest BCUT2D eigenvalue weighted by molar-refractivity contribution is -0.0724. The topological polar surface area (TPSA) is 32.8 Å². The van der Waals surface area contributed by atoms with Gasteiger partial charge in [-0.05, 0) is 36.1 Å². The highest BCUT2D eigenvalue weighted by molar-refractivity contribution is 5.37. The van der Waals surface area contributed by atoms with Crippen molar-refractivity contribution < 1.29 is 14.2 Å². The van der Waals surface area contributed by atoms with E-state index in [4.69, 9.17) is 4.74 Å². The van der Waals surface area contributed by atoms with Crippen molar-refractivity contribution in [2.45, 2.75) is 43.0 Å². The fraction of sp³-hybridized carbons (Fsp3) is 0.368. The van der Waals surface area contributed by atoms with Gasteiger partial charge >= 0.3 is 0 Å². The van der Waals surface area contributed by atoms with Crippen molar-refractivity contribution in [1.82, 2.24) is 0 Å². The normalized spacial score (nSPS) is 33.8. The first-order valence-corrected chi connectivity index (χ1v) is 7.87. The zero-order valence-electron chi connectivity index (χ0n) is 12.3. The fourth-order valence-electron chi connectivity index (χ4n) is 3.94. The third-order valence-electron chi connectivity index (χ3n) is 5.16. The monoisotopic (exact) mass is 298 g/mol. The van der Waals surface area contributed by atoms with Crippen LogP contribution in [0.25, 0.3) is 0 Å². The highest BCUT2D eigenvalue weighted by Crippen LogP contribution is 2.65. The lowest BCUT2D eigenvalue weighted by Gasteiger charge is -2.39. The second kappa shape index (κ2) is 4.90. The second-order valence-corrected chi connectivity index (χ2v) is 6.37. The third-order valence-corrected chi connectivity index (χ3v) is 5.16. The Morgan fingerprint density at radius 2 is 1.64 bits per heavy atom. The van der Waals surface area contributed by atoms with E-state index in [-0.39, 0.29) is 11.9 Å². The van der Waals surface area contributed by atoms with Gasteiger partial charge in [0.25, 0.3) is 0 Å². The van der Waals surface area contributed by atoms with Crippen molar-refractivity contribution in [3.8, 4) is 0 Å². The van der Waals surface area contributed by atoms with E-state index in [0.717, 1.165) is 30.4 Å². The molecule has 114 valence electrons. The highest BCUT2D eigenvalue weighted by Gasteiger charge is 2.69. The quantitative estimate of drug-likeness (QED) is 0.847. The lowest BCUT2D eigenvalue weighted by atomic mass is 9.68. The molecule has 0 bridgehead atoms. The van der Waals surface area contributed by atoms with Crippen molar-refractivity contribution in [3.05, 3.63) is 71.5 Å². The zero-order chi connectivity index (χ0) is 15.2. The van der Waals surface area contributed by atoms with Crippen LogP contribution >= 0.6 is 0 Å². The fourth-order valence-corrected chi connectivity index (χ4v) is 3.94. The summed E-state index contributed by atoms with van der Waals surface area (Å²) in [6, 6.07) is 16.2. The standard InChI is InChI=1S/C19H19FO2/c20-16-10-8-14(9-11-16)17-19(22-17)13-5-4-12-18(19,21)15-6-2-1-3-7-15/h1-3,6-11,17,21H,4-5,12-13H2/t17-,18-,19+/m0/s1. The van der Waals surface area contributed by atoms with Gasteiger partial charge in [-0.3, -0.25) is 0 Å². The maximum Gasteiger partial charge on any atom is 0.132 e. The van der Waals surface area contributed by atoms with Crippen LogP contribution in [0.5, 0.6) is 0 Å². The van der Waals surface area contributed by atoms with Crippen LogP contribution in [0.4, 0.5) is 4.39 Å². The summed E-state index contributed by atoms with van der Waals surface area (Å²) in [5, 5.41) is 11.4. The van der Waals surface area contributed by atoms with E-state index >= 15 is 0 Å². The van der Waals surface area contributed by atoms with Crippen LogP contribution in [0.15, 0.2) is 54.6 Å². The molecule has 2 aromatic rings. The van der Waals surface area contributed by atoms with Gasteiger partial charge in [0.05, 0.1) is 0 Å². The molecule has 3 heteroatoms. The van der Waals surface area contributed by atoms with E-state index in [1.807, 2.05) is 30.3 Å². The lowest BCUT2D eigenvalue weighted by Crippen LogP contribution is -2.45. The number of rotatable bonds is 2. The molecular formula is C19H19FO2. The summed E-state index contributed by atoms with van der Waals surface area (Å²) >= 11 is 0. The van der Waals surface area contributed by atoms with Crippen molar-refractivity contribution in [1.29, 1.82) is 0 Å². The predicted molar refractivity (Wildman–Crippen MR) is 81.8 cm³/mol. The van der Waals surface area contributed by atoms with Crippen LogP contribution in [0, 0.1) is 5.82 Å². The molecule has 1 N–H and O–H groups in total. The molecule has 1 saturated carbocycles. The second-order valence-electron chi connectivity index (χ2n) is 6.37. The Hall–Kier alpha value is -1.71. The van der Waals surface area contributed by atoms with Crippen molar-refractivity contribution in [3.63, 3.8) is 0 Å². The number of halogens is 1. The molecule has 4 rings (SSSR count). The molecular weight excluding hydrogens is 279 g/mol. The van der Waals surface area contributed by atoms with E-state index < -0.39 is 11.2 Å². The first kappa shape index (κ1) is 13.9. The van der Waals surface area contributed by atoms with Gasteiger partial charge < -0.3 is 9.84 Å². The summed E-state index contributed by atoms with van der Waals surface area (Å²) in [5.74, 6) is -0.250. The summed E-state index contributed by atoms with van der Waals surface area (Å²) < 4.78 is 19.2. The third kappa shape index (κ3) is 1.93. The zero-order valence-corrected chi connectivity index (χ0v) is 12.3. The van der Waals surface area contributed by atoms with Gasteiger partial charge in [-0.1, -0.05) is 55.3 Å². The molecule has 1 saturated heterocycles. The van der Waals surface area contributed by atoms with Gasteiger partial charge in [0.2, 0.25) is 0 Å². The minimum Gasteiger partial charge on any atom is -0.382 e. The molecule has 2 aliphatic rings. The largest absolute Gasteiger partial charge is 0.382 e. The molecule has 2 nitrogen and oxygen atoms in total. The summed E-state index contributed by atoms with van der Waals surface area (Å²) in [7, 11) is 0. The minimum absolute atomic E-state index is 0.154. The average Bonchev–Trinajstić information content (AvgIpc) is 3.28. The van der Waals surface area contributed by atoms with Crippen LogP contribution < -0.4 is 0 Å². The Balaban J connectivity index is 1.72. The number of aliphatic hydroxyl groups is 1. The molecule has 2 fully saturated rings. The van der Waals surface area contributed by atoms with Crippen LogP contribution in [0.3, 0.4) is 0 Å². The number of benzene rings is 2. The molecule has 3 atom stereocenters. The van der Waals surface area contributed by atoms with Crippen LogP contribution in [-0.2, 0) is 10.3 Å². The van der Waals surface area contributed by atoms with E-state index in [0.29, 0.717) is 6.42 Å². The summed E-state index contributed by atoms with van der Waals surface area (Å²) in [5.41, 5.74) is 0.327. The minimum atomic E-state index is -0.967. The van der Waals surface area contributed by atoms with Crippen LogP contribution in [0.2, 0.25) is 0 Å². The number of hydrogen-bond donors (Lipinski definition) is 1. The summed E-state index contributed by atoms with van der Waals surface area (Å²) in [4.78, 5) is 0. The molecule has 22 heavy (non-hydrogen) atoms. The molecule has 0 radical (unpaired) electrons. The van der Waals surface area contributed by atoms with Crippen molar-refractivity contribution >= 4 is 0 Å². The smallest absolute Gasteiger partial charge is 0.132 e. The summed E-state index contributed by atoms with van der Waals surface area (Å²) in [6.07, 6.45) is 3.42. The van der Waals surface area contributed by atoms with Crippen LogP contribution in [-0.4, -0.2) is 10.7 Å². The molecule has 0 aromatic heterocycles. The predicted octanol–water partition coefficient (Wildman–Crippen LogP) is 4.10. The highest BCUT2D eigenvalue weighted by atomic mass is 19.1. The first-order valence-electron chi connectivity index (χ1n) is 7.87. The Kier molecular flexibility index (Phi) is 3.10. The van der Waals surface area contributed by atoms with E-state index in [2.05, 4.69) is 0 Å². The van der Waals surface area contributed by atoms with Crippen molar-refractivity contribution in [2.24, 2.45) is 0 Å². The SMILES string of the molecule is O[C@]1(c2ccccc2)CCCC[C@]12O[C@H]2c1ccc(F)cc1. The number of ether oxygens (including phenoxy) is 1. The molecule has 2 aromatic carbocycles. The maximum atomic E-state index is 13.1. The summed E-state index contributed by atoms with van der Waals surface area (Å²) in [6.45, 7) is 0. The van der Waals surface area contributed by atoms with Gasteiger partial charge in [0, 0.05) is 0 Å². The molecule has 0 unspecified atom stereocenters. The Morgan fingerprint density at radius 1 is 0.955 bits per heavy atom. The van der Waals surface area contributed by atoms with Crippen LogP contribution in [0.1, 0.15) is 42.9 Å². The average molecular weight is 298 g/mol. The molecule has 1 aliphatic carbocycles. The van der Waals surface area contributed by atoms with Gasteiger partial charge in [-0.2, -0.15) is 0 Å². The molecule has 1 heterocycles. The molecule has 1 aliphatic heterocycles. The molecule has 0 amide bonds. The van der Waals surface area contributed by atoms with E-state index in [1.54, 1.807) is 12.1 Å².